The van der Waals surface area contributed by atoms with E-state index in [2.05, 4.69) is 40.4 Å². The van der Waals surface area contributed by atoms with Gasteiger partial charge in [-0.15, -0.1) is 0 Å². The van der Waals surface area contributed by atoms with Gasteiger partial charge < -0.3 is 4.43 Å². The minimum atomic E-state index is -1.30. The average molecular weight is 174 g/mol. The van der Waals surface area contributed by atoms with Crippen LogP contribution in [0.4, 0.5) is 0 Å². The van der Waals surface area contributed by atoms with Crippen LogP contribution in [0.25, 0.3) is 0 Å². The zero-order valence-electron chi connectivity index (χ0n) is 8.77. The summed E-state index contributed by atoms with van der Waals surface area (Å²) in [5.74, 6) is 0.659. The van der Waals surface area contributed by atoms with Crippen molar-refractivity contribution >= 4 is 8.32 Å². The Hall–Kier alpha value is 0.177. The normalized spacial score (nSPS) is 15.5. The van der Waals surface area contributed by atoms with E-state index in [4.69, 9.17) is 4.43 Å². The molecule has 2 heteroatoms. The molecule has 0 spiro atoms. The minimum Gasteiger partial charge on any atom is -0.414 e. The predicted octanol–water partition coefficient (Wildman–Crippen LogP) is 3.27. The van der Waals surface area contributed by atoms with Gasteiger partial charge in [-0.25, -0.2) is 0 Å². The van der Waals surface area contributed by atoms with Crippen LogP contribution in [0, 0.1) is 5.92 Å². The van der Waals surface area contributed by atoms with Crippen molar-refractivity contribution in [2.45, 2.75) is 52.9 Å². The van der Waals surface area contributed by atoms with Crippen molar-refractivity contribution in [2.75, 3.05) is 0 Å². The lowest BCUT2D eigenvalue weighted by molar-refractivity contribution is 0.140. The Kier molecular flexibility index (Phi) is 4.33. The molecule has 68 valence electrons. The SMILES string of the molecule is CCC(O[Si](C)(C)C)C(C)C. The molecule has 0 amide bonds. The molecule has 0 aliphatic rings. The van der Waals surface area contributed by atoms with Crippen molar-refractivity contribution in [3.05, 3.63) is 0 Å². The quantitative estimate of drug-likeness (QED) is 0.594. The summed E-state index contributed by atoms with van der Waals surface area (Å²) in [6, 6.07) is 0. The molecule has 0 radical (unpaired) electrons. The van der Waals surface area contributed by atoms with Crippen LogP contribution in [-0.2, 0) is 4.43 Å². The molecule has 0 heterocycles. The van der Waals surface area contributed by atoms with Gasteiger partial charge in [-0.1, -0.05) is 20.8 Å². The summed E-state index contributed by atoms with van der Waals surface area (Å²) in [4.78, 5) is 0. The van der Waals surface area contributed by atoms with Gasteiger partial charge in [-0.05, 0) is 32.0 Å². The van der Waals surface area contributed by atoms with Crippen LogP contribution in [0.5, 0.6) is 0 Å². The molecule has 0 aromatic rings. The smallest absolute Gasteiger partial charge is 0.184 e. The summed E-state index contributed by atoms with van der Waals surface area (Å²) in [5, 5.41) is 0. The first-order valence-corrected chi connectivity index (χ1v) is 7.95. The molecule has 0 saturated heterocycles. The third kappa shape index (κ3) is 5.45. The van der Waals surface area contributed by atoms with Crippen molar-refractivity contribution < 1.29 is 4.43 Å². The Bertz CT molecular complexity index is 105. The van der Waals surface area contributed by atoms with Crippen LogP contribution < -0.4 is 0 Å². The minimum absolute atomic E-state index is 0.474. The summed E-state index contributed by atoms with van der Waals surface area (Å²) in [6.07, 6.45) is 1.61. The third-order valence-corrected chi connectivity index (χ3v) is 2.66. The van der Waals surface area contributed by atoms with Crippen LogP contribution in [0.2, 0.25) is 19.6 Å². The molecule has 1 unspecified atom stereocenters. The Morgan fingerprint density at radius 2 is 1.64 bits per heavy atom. The van der Waals surface area contributed by atoms with Gasteiger partial charge in [0.05, 0.1) is 0 Å². The molecule has 0 fully saturated rings. The highest BCUT2D eigenvalue weighted by Gasteiger charge is 2.21. The molecule has 0 bridgehead atoms. The lowest BCUT2D eigenvalue weighted by Gasteiger charge is -2.28. The van der Waals surface area contributed by atoms with Crippen molar-refractivity contribution in [2.24, 2.45) is 5.92 Å². The zero-order chi connectivity index (χ0) is 9.07. The molecule has 11 heavy (non-hydrogen) atoms. The summed E-state index contributed by atoms with van der Waals surface area (Å²) in [6.45, 7) is 13.4. The lowest BCUT2D eigenvalue weighted by atomic mass is 10.1. The second-order valence-electron chi connectivity index (χ2n) is 4.42. The first-order valence-electron chi connectivity index (χ1n) is 4.54. The maximum Gasteiger partial charge on any atom is 0.184 e. The van der Waals surface area contributed by atoms with Gasteiger partial charge in [-0.2, -0.15) is 0 Å². The first-order chi connectivity index (χ1) is 4.87. The molecule has 0 saturated carbocycles. The maximum atomic E-state index is 5.99. The zero-order valence-corrected chi connectivity index (χ0v) is 9.77. The Balaban J connectivity index is 3.88. The first kappa shape index (κ1) is 11.2. The maximum absolute atomic E-state index is 5.99. The van der Waals surface area contributed by atoms with Gasteiger partial charge in [0.25, 0.3) is 0 Å². The summed E-state index contributed by atoms with van der Waals surface area (Å²) in [5.41, 5.74) is 0. The van der Waals surface area contributed by atoms with Gasteiger partial charge in [-0.3, -0.25) is 0 Å². The Labute approximate surface area is 72.3 Å². The van der Waals surface area contributed by atoms with Crippen molar-refractivity contribution in [3.63, 3.8) is 0 Å². The van der Waals surface area contributed by atoms with E-state index in [1.807, 2.05) is 0 Å². The van der Waals surface area contributed by atoms with Crippen LogP contribution >= 0.6 is 0 Å². The van der Waals surface area contributed by atoms with Crippen molar-refractivity contribution in [1.29, 1.82) is 0 Å². The van der Waals surface area contributed by atoms with E-state index < -0.39 is 8.32 Å². The lowest BCUT2D eigenvalue weighted by Crippen LogP contribution is -2.34. The molecular weight excluding hydrogens is 152 g/mol. The van der Waals surface area contributed by atoms with Gasteiger partial charge >= 0.3 is 0 Å². The Morgan fingerprint density at radius 1 is 1.18 bits per heavy atom. The number of hydrogen-bond acceptors (Lipinski definition) is 1. The molecule has 1 nitrogen and oxygen atoms in total. The largest absolute Gasteiger partial charge is 0.414 e. The summed E-state index contributed by atoms with van der Waals surface area (Å²) in [7, 11) is -1.30. The molecule has 0 rings (SSSR count). The topological polar surface area (TPSA) is 9.23 Å². The molecule has 0 aliphatic heterocycles. The standard InChI is InChI=1S/C9H22OSi/c1-7-9(8(2)3)10-11(4,5)6/h8-9H,7H2,1-6H3. The fourth-order valence-electron chi connectivity index (χ4n) is 1.14. The van der Waals surface area contributed by atoms with Gasteiger partial charge in [0.2, 0.25) is 0 Å². The van der Waals surface area contributed by atoms with Gasteiger partial charge in [0.1, 0.15) is 0 Å². The Morgan fingerprint density at radius 3 is 1.73 bits per heavy atom. The molecule has 0 aliphatic carbocycles. The highest BCUT2D eigenvalue weighted by atomic mass is 28.4. The summed E-state index contributed by atoms with van der Waals surface area (Å²) < 4.78 is 5.99. The van der Waals surface area contributed by atoms with E-state index in [9.17, 15) is 0 Å². The second kappa shape index (κ2) is 4.26. The number of rotatable bonds is 4. The van der Waals surface area contributed by atoms with E-state index in [-0.39, 0.29) is 0 Å². The number of hydrogen-bond donors (Lipinski definition) is 0. The van der Waals surface area contributed by atoms with Crippen LogP contribution in [0.1, 0.15) is 27.2 Å². The fourth-order valence-corrected chi connectivity index (χ4v) is 2.49. The molecule has 0 aromatic carbocycles. The van der Waals surface area contributed by atoms with Crippen molar-refractivity contribution in [1.82, 2.24) is 0 Å². The molecule has 1 atom stereocenters. The third-order valence-electron chi connectivity index (χ3n) is 1.65. The summed E-state index contributed by atoms with van der Waals surface area (Å²) >= 11 is 0. The molecule has 0 aromatic heterocycles. The van der Waals surface area contributed by atoms with Crippen LogP contribution in [-0.4, -0.2) is 14.4 Å². The fraction of sp³-hybridized carbons (Fsp3) is 1.00. The van der Waals surface area contributed by atoms with Gasteiger partial charge in [0.15, 0.2) is 8.32 Å². The van der Waals surface area contributed by atoms with E-state index >= 15 is 0 Å². The average Bonchev–Trinajstić information content (AvgIpc) is 1.80. The van der Waals surface area contributed by atoms with Gasteiger partial charge in [0, 0.05) is 6.10 Å². The van der Waals surface area contributed by atoms with E-state index in [0.29, 0.717) is 12.0 Å². The van der Waals surface area contributed by atoms with E-state index in [1.165, 1.54) is 0 Å². The van der Waals surface area contributed by atoms with E-state index in [1.54, 1.807) is 0 Å². The van der Waals surface area contributed by atoms with Crippen molar-refractivity contribution in [3.8, 4) is 0 Å². The molecular formula is C9H22OSi. The van der Waals surface area contributed by atoms with Crippen LogP contribution in [0.15, 0.2) is 0 Å². The highest BCUT2D eigenvalue weighted by Crippen LogP contribution is 2.16. The second-order valence-corrected chi connectivity index (χ2v) is 8.88. The monoisotopic (exact) mass is 174 g/mol. The van der Waals surface area contributed by atoms with Crippen LogP contribution in [0.3, 0.4) is 0 Å². The molecule has 0 N–H and O–H groups in total. The highest BCUT2D eigenvalue weighted by molar-refractivity contribution is 6.69. The predicted molar refractivity (Wildman–Crippen MR) is 53.3 cm³/mol. The van der Waals surface area contributed by atoms with E-state index in [0.717, 1.165) is 6.42 Å².